The van der Waals surface area contributed by atoms with Crippen molar-refractivity contribution in [2.24, 2.45) is 30.7 Å². The Hall–Kier alpha value is -7.41. The number of rotatable bonds is 15. The summed E-state index contributed by atoms with van der Waals surface area (Å²) in [5.74, 6) is -2.65. The van der Waals surface area contributed by atoms with Gasteiger partial charge in [0.15, 0.2) is 22.6 Å². The molecule has 0 amide bonds. The van der Waals surface area contributed by atoms with Gasteiger partial charge < -0.3 is 25.0 Å². The number of methoxy groups -OCH3 is 1. The van der Waals surface area contributed by atoms with Gasteiger partial charge in [-0.1, -0.05) is 23.9 Å². The number of azo groups is 3. The number of fused-ring (bicyclic) bond motifs is 5. The van der Waals surface area contributed by atoms with Crippen LogP contribution in [0.3, 0.4) is 0 Å². The van der Waals surface area contributed by atoms with Crippen LogP contribution in [0.1, 0.15) is 23.1 Å². The summed E-state index contributed by atoms with van der Waals surface area (Å²) >= 11 is 1.11. The van der Waals surface area contributed by atoms with E-state index in [9.17, 15) is 67.4 Å². The normalized spacial score (nSPS) is 14.5. The lowest BCUT2D eigenvalue weighted by molar-refractivity contribution is 0.317. The SMILES string of the molecule is COc1cc2c(cc1S(=O)(=O)O)NC(N=Nc1cc(OCCCS(=O)(=O)O)c(N=Nc3c(S(=O)(=O)O)cc4c(S(=O)(=O)O)c(N=Nc5c(C)c(C#N)c6nc7ccccc7n6c5O)ccc4c3O)cc1C)S2. The standard InChI is InChI=1S/C41H34N10O16S5/c1-19-13-27(30(67-11-6-12-69(54,55)56)15-26(19)46-50-41-44-28-16-33(70(57,58)59)31(66-3)17-32(28)68-41)47-49-36-34(71(60,61)62)14-22-21(37(36)52)9-10-25(38(22)72(63,64)65)45-48-35-20(2)23(18-42)39-43-24-7-4-5-8-29(24)51(39)40(35)53/h4-5,7-10,13-17,41,44,52-53H,6,11-12H2,1-3H3,(H,54,55,56)(H,57,58,59)(H,60,61,62)(H,63,64,65). The first-order valence-corrected chi connectivity index (χ1v) is 27.0. The van der Waals surface area contributed by atoms with Crippen LogP contribution in [0.15, 0.2) is 117 Å². The molecule has 8 rings (SSSR count). The molecular formula is C41H34N10O16S5. The van der Waals surface area contributed by atoms with E-state index in [1.807, 2.05) is 6.07 Å². The number of hydrogen-bond acceptors (Lipinski definition) is 22. The van der Waals surface area contributed by atoms with Gasteiger partial charge in [0, 0.05) is 27.3 Å². The summed E-state index contributed by atoms with van der Waals surface area (Å²) in [6.45, 7) is 2.59. The van der Waals surface area contributed by atoms with Gasteiger partial charge in [-0.15, -0.1) is 20.5 Å². The number of para-hydroxylation sites is 2. The lowest BCUT2D eigenvalue weighted by Gasteiger charge is -2.13. The first-order chi connectivity index (χ1) is 33.8. The summed E-state index contributed by atoms with van der Waals surface area (Å²) in [5.41, 5.74) is -1.30. The first-order valence-electron chi connectivity index (χ1n) is 20.2. The van der Waals surface area contributed by atoms with Crippen LogP contribution in [0.5, 0.6) is 23.1 Å². The Kier molecular flexibility index (Phi) is 13.4. The van der Waals surface area contributed by atoms with Gasteiger partial charge in [-0.05, 0) is 74.4 Å². The van der Waals surface area contributed by atoms with E-state index in [0.29, 0.717) is 27.6 Å². The number of phenolic OH excluding ortho intramolecular Hbond substituents is 1. The Morgan fingerprint density at radius 3 is 2.14 bits per heavy atom. The quantitative estimate of drug-likeness (QED) is 0.0288. The second kappa shape index (κ2) is 19.0. The lowest BCUT2D eigenvalue weighted by atomic mass is 10.1. The largest absolute Gasteiger partial charge is 0.505 e. The average Bonchev–Trinajstić information content (AvgIpc) is 3.89. The molecular weight excluding hydrogens is 1050 g/mol. The van der Waals surface area contributed by atoms with Gasteiger partial charge in [0.1, 0.15) is 54.9 Å². The Morgan fingerprint density at radius 1 is 0.778 bits per heavy atom. The third-order valence-corrected chi connectivity index (χ3v) is 15.2. The molecule has 0 saturated heterocycles. The number of aromatic nitrogens is 2. The Bertz CT molecular complexity index is 4070. The number of pyridine rings is 1. The number of anilines is 1. The van der Waals surface area contributed by atoms with E-state index in [0.717, 1.165) is 30.0 Å². The Labute approximate surface area is 411 Å². The first kappa shape index (κ1) is 51.0. The molecule has 0 aliphatic carbocycles. The third-order valence-electron chi connectivity index (χ3n) is 10.7. The second-order valence-electron chi connectivity index (χ2n) is 15.4. The molecule has 0 fully saturated rings. The van der Waals surface area contributed by atoms with E-state index in [-0.39, 0.29) is 64.1 Å². The highest BCUT2D eigenvalue weighted by atomic mass is 32.2. The molecule has 0 bridgehead atoms. The predicted octanol–water partition coefficient (Wildman–Crippen LogP) is 8.36. The van der Waals surface area contributed by atoms with Gasteiger partial charge in [-0.3, -0.25) is 22.6 Å². The maximum atomic E-state index is 13.1. The molecule has 5 aromatic carbocycles. The maximum absolute atomic E-state index is 13.1. The third kappa shape index (κ3) is 10.1. The van der Waals surface area contributed by atoms with Crippen molar-refractivity contribution in [2.75, 3.05) is 24.8 Å². The number of thioether (sulfide) groups is 1. The number of ether oxygens (including phenoxy) is 2. The van der Waals surface area contributed by atoms with Crippen LogP contribution >= 0.6 is 11.8 Å². The van der Waals surface area contributed by atoms with E-state index in [4.69, 9.17) is 9.47 Å². The summed E-state index contributed by atoms with van der Waals surface area (Å²) in [6, 6.07) is 16.3. The molecule has 2 aromatic heterocycles. The maximum Gasteiger partial charge on any atom is 0.298 e. The number of nitrogens with one attached hydrogen (secondary N) is 1. The van der Waals surface area contributed by atoms with E-state index >= 15 is 0 Å². The zero-order valence-corrected chi connectivity index (χ0v) is 41.0. The molecule has 1 unspecified atom stereocenters. The van der Waals surface area contributed by atoms with Gasteiger partial charge in [0.05, 0.1) is 41.9 Å². The minimum absolute atomic E-state index is 0.0177. The van der Waals surface area contributed by atoms with E-state index in [1.165, 1.54) is 43.6 Å². The van der Waals surface area contributed by atoms with Gasteiger partial charge in [0.25, 0.3) is 40.5 Å². The predicted molar refractivity (Wildman–Crippen MR) is 256 cm³/mol. The van der Waals surface area contributed by atoms with Crippen molar-refractivity contribution < 1.29 is 71.6 Å². The summed E-state index contributed by atoms with van der Waals surface area (Å²) in [5, 5.41) is 59.2. The van der Waals surface area contributed by atoms with Gasteiger partial charge in [-0.2, -0.15) is 49.2 Å². The van der Waals surface area contributed by atoms with Crippen molar-refractivity contribution in [2.45, 2.75) is 45.3 Å². The Balaban J connectivity index is 1.19. The molecule has 7 aromatic rings. The van der Waals surface area contributed by atoms with Crippen LogP contribution in [0.4, 0.5) is 34.1 Å². The Morgan fingerprint density at radius 2 is 1.47 bits per heavy atom. The average molecular weight is 1080 g/mol. The fourth-order valence-electron chi connectivity index (χ4n) is 7.40. The van der Waals surface area contributed by atoms with E-state index in [1.54, 1.807) is 24.3 Å². The van der Waals surface area contributed by atoms with Crippen LogP contribution in [-0.4, -0.2) is 96.4 Å². The topological polar surface area (TPSA) is 404 Å². The summed E-state index contributed by atoms with van der Waals surface area (Å²) in [4.78, 5) is 2.09. The monoisotopic (exact) mass is 1080 g/mol. The van der Waals surface area contributed by atoms with Crippen LogP contribution in [0, 0.1) is 25.2 Å². The summed E-state index contributed by atoms with van der Waals surface area (Å²) in [7, 11) is -18.7. The van der Waals surface area contributed by atoms with Crippen molar-refractivity contribution in [3.05, 3.63) is 83.4 Å². The fraction of sp³-hybridized carbons (Fsp3) is 0.171. The van der Waals surface area contributed by atoms with Crippen molar-refractivity contribution in [3.63, 3.8) is 0 Å². The number of nitriles is 1. The zero-order chi connectivity index (χ0) is 52.2. The molecule has 0 spiro atoms. The summed E-state index contributed by atoms with van der Waals surface area (Å²) in [6.07, 6.45) is -0.245. The molecule has 374 valence electrons. The van der Waals surface area contributed by atoms with Crippen molar-refractivity contribution >= 4 is 114 Å². The number of aryl methyl sites for hydroxylation is 1. The molecule has 1 aliphatic heterocycles. The molecule has 31 heteroatoms. The summed E-state index contributed by atoms with van der Waals surface area (Å²) < 4.78 is 151. The van der Waals surface area contributed by atoms with Crippen molar-refractivity contribution in [1.82, 2.24) is 9.38 Å². The number of nitrogens with zero attached hydrogens (tertiary/aromatic N) is 9. The number of hydrogen-bond donors (Lipinski definition) is 7. The van der Waals surface area contributed by atoms with E-state index < -0.39 is 100 Å². The van der Waals surface area contributed by atoms with Crippen LogP contribution in [0.2, 0.25) is 0 Å². The molecule has 1 atom stereocenters. The smallest absolute Gasteiger partial charge is 0.298 e. The molecule has 72 heavy (non-hydrogen) atoms. The number of phenols is 1. The highest BCUT2D eigenvalue weighted by Crippen LogP contribution is 2.48. The highest BCUT2D eigenvalue weighted by molar-refractivity contribution is 8.00. The fourth-order valence-corrected chi connectivity index (χ4v) is 11.0. The highest BCUT2D eigenvalue weighted by Gasteiger charge is 2.30. The molecule has 0 saturated carbocycles. The van der Waals surface area contributed by atoms with Gasteiger partial charge in [0.2, 0.25) is 5.88 Å². The van der Waals surface area contributed by atoms with Crippen LogP contribution in [0.25, 0.3) is 27.5 Å². The molecule has 26 nitrogen and oxygen atoms in total. The number of aromatic hydroxyl groups is 2. The van der Waals surface area contributed by atoms with Crippen molar-refractivity contribution in [3.8, 4) is 29.2 Å². The van der Waals surface area contributed by atoms with Crippen LogP contribution < -0.4 is 14.8 Å². The molecule has 3 heterocycles. The van der Waals surface area contributed by atoms with E-state index in [2.05, 4.69) is 41.0 Å². The minimum Gasteiger partial charge on any atom is -0.505 e. The molecule has 0 radical (unpaired) electrons. The molecule has 7 N–H and O–H groups in total. The van der Waals surface area contributed by atoms with Gasteiger partial charge >= 0.3 is 0 Å². The lowest BCUT2D eigenvalue weighted by Crippen LogP contribution is -2.08. The van der Waals surface area contributed by atoms with Gasteiger partial charge in [-0.25, -0.2) is 4.98 Å². The molecule has 1 aliphatic rings. The number of imidazole rings is 1. The number of benzene rings is 5. The van der Waals surface area contributed by atoms with Crippen LogP contribution in [-0.2, 0) is 40.5 Å². The minimum atomic E-state index is -5.45. The second-order valence-corrected chi connectivity index (χ2v) is 22.2. The van der Waals surface area contributed by atoms with Crippen molar-refractivity contribution in [1.29, 1.82) is 5.26 Å². The zero-order valence-electron chi connectivity index (χ0n) is 36.9.